The normalized spacial score (nSPS) is 16.3. The number of hydrogen-bond acceptors (Lipinski definition) is 2. The van der Waals surface area contributed by atoms with Gasteiger partial charge in [0.05, 0.1) is 0 Å². The monoisotopic (exact) mass is 280 g/mol. The lowest BCUT2D eigenvalue weighted by Gasteiger charge is -2.21. The van der Waals surface area contributed by atoms with Crippen molar-refractivity contribution < 1.29 is 4.79 Å². The van der Waals surface area contributed by atoms with Crippen molar-refractivity contribution in [1.29, 1.82) is 0 Å². The molecule has 1 aliphatic heterocycles. The number of benzene rings is 1. The first-order chi connectivity index (χ1) is 8.78. The maximum Gasteiger partial charge on any atom is 0.253 e. The quantitative estimate of drug-likeness (QED) is 0.920. The lowest BCUT2D eigenvalue weighted by Crippen LogP contribution is -2.32. The molecule has 0 bridgehead atoms. The summed E-state index contributed by atoms with van der Waals surface area (Å²) < 4.78 is 0. The van der Waals surface area contributed by atoms with E-state index in [0.717, 1.165) is 37.5 Å². The minimum absolute atomic E-state index is 0. The van der Waals surface area contributed by atoms with Crippen LogP contribution in [0.25, 0.3) is 0 Å². The molecule has 104 valence electrons. The zero-order valence-electron chi connectivity index (χ0n) is 11.3. The number of carbonyl (C=O) groups is 1. The predicted octanol–water partition coefficient (Wildman–Crippen LogP) is 2.95. The van der Waals surface area contributed by atoms with Crippen LogP contribution in [0.2, 0.25) is 0 Å². The number of nitrogens with zero attached hydrogens (tertiary/aromatic N) is 1. The Hall–Kier alpha value is -1.22. The molecule has 2 aliphatic rings. The molecule has 4 heteroatoms. The van der Waals surface area contributed by atoms with E-state index in [9.17, 15) is 4.79 Å². The lowest BCUT2D eigenvalue weighted by molar-refractivity contribution is 0.0757. The number of hydrogen-bond donors (Lipinski definition) is 1. The Morgan fingerprint density at radius 2 is 2.21 bits per heavy atom. The van der Waals surface area contributed by atoms with E-state index >= 15 is 0 Å². The summed E-state index contributed by atoms with van der Waals surface area (Å²) in [5.74, 6) is 0.948. The molecule has 0 unspecified atom stereocenters. The number of fused-ring (bicyclic) bond motifs is 1. The Kier molecular flexibility index (Phi) is 4.35. The van der Waals surface area contributed by atoms with Crippen LogP contribution in [0.5, 0.6) is 0 Å². The van der Waals surface area contributed by atoms with Gasteiger partial charge in [0, 0.05) is 30.9 Å². The molecule has 0 aromatic heterocycles. The average molecular weight is 281 g/mol. The van der Waals surface area contributed by atoms with Gasteiger partial charge in [-0.05, 0) is 55.9 Å². The van der Waals surface area contributed by atoms with Crippen LogP contribution in [0.3, 0.4) is 0 Å². The van der Waals surface area contributed by atoms with E-state index in [2.05, 4.69) is 18.3 Å². The number of anilines is 1. The summed E-state index contributed by atoms with van der Waals surface area (Å²) in [6, 6.07) is 6.06. The van der Waals surface area contributed by atoms with Crippen molar-refractivity contribution in [2.45, 2.75) is 26.2 Å². The summed E-state index contributed by atoms with van der Waals surface area (Å²) in [6.07, 6.45) is 3.61. The predicted molar refractivity (Wildman–Crippen MR) is 80.2 cm³/mol. The van der Waals surface area contributed by atoms with Crippen molar-refractivity contribution in [3.63, 3.8) is 0 Å². The van der Waals surface area contributed by atoms with Gasteiger partial charge in [-0.1, -0.05) is 0 Å². The Morgan fingerprint density at radius 3 is 2.89 bits per heavy atom. The molecule has 3 nitrogen and oxygen atoms in total. The zero-order chi connectivity index (χ0) is 12.5. The SMILES string of the molecule is CCN(CC1CC1)C(=O)c1ccc2c(c1)CCN2.Cl. The Balaban J connectivity index is 0.00000133. The molecule has 0 saturated heterocycles. The van der Waals surface area contributed by atoms with Gasteiger partial charge >= 0.3 is 0 Å². The number of nitrogens with one attached hydrogen (secondary N) is 1. The highest BCUT2D eigenvalue weighted by molar-refractivity contribution is 5.95. The van der Waals surface area contributed by atoms with Crippen molar-refractivity contribution in [2.75, 3.05) is 25.0 Å². The van der Waals surface area contributed by atoms with Crippen molar-refractivity contribution in [2.24, 2.45) is 5.92 Å². The molecule has 19 heavy (non-hydrogen) atoms. The fourth-order valence-corrected chi connectivity index (χ4v) is 2.59. The second-order valence-corrected chi connectivity index (χ2v) is 5.34. The minimum atomic E-state index is 0. The van der Waals surface area contributed by atoms with Crippen molar-refractivity contribution >= 4 is 24.0 Å². The van der Waals surface area contributed by atoms with E-state index in [-0.39, 0.29) is 18.3 Å². The maximum atomic E-state index is 12.4. The molecule has 1 N–H and O–H groups in total. The molecule has 0 spiro atoms. The molecular weight excluding hydrogens is 260 g/mol. The van der Waals surface area contributed by atoms with Gasteiger partial charge in [-0.2, -0.15) is 0 Å². The van der Waals surface area contributed by atoms with Gasteiger partial charge in [-0.15, -0.1) is 12.4 Å². The number of amides is 1. The summed E-state index contributed by atoms with van der Waals surface area (Å²) in [5, 5.41) is 3.33. The zero-order valence-corrected chi connectivity index (χ0v) is 12.1. The van der Waals surface area contributed by atoms with Crippen LogP contribution in [0.1, 0.15) is 35.7 Å². The fourth-order valence-electron chi connectivity index (χ4n) is 2.59. The first-order valence-corrected chi connectivity index (χ1v) is 6.94. The minimum Gasteiger partial charge on any atom is -0.384 e. The highest BCUT2D eigenvalue weighted by atomic mass is 35.5. The Morgan fingerprint density at radius 1 is 1.42 bits per heavy atom. The molecule has 1 fully saturated rings. The van der Waals surface area contributed by atoms with Crippen LogP contribution in [0.4, 0.5) is 5.69 Å². The van der Waals surface area contributed by atoms with Crippen LogP contribution < -0.4 is 5.32 Å². The van der Waals surface area contributed by atoms with Crippen LogP contribution in [0, 0.1) is 5.92 Å². The maximum absolute atomic E-state index is 12.4. The standard InChI is InChI=1S/C15H20N2O.ClH/c1-2-17(10-11-3-4-11)15(18)13-5-6-14-12(9-13)7-8-16-14;/h5-6,9,11,16H,2-4,7-8,10H2,1H3;1H. The molecule has 3 rings (SSSR count). The second kappa shape index (κ2) is 5.83. The lowest BCUT2D eigenvalue weighted by atomic mass is 10.1. The Bertz CT molecular complexity index is 471. The molecule has 1 saturated carbocycles. The summed E-state index contributed by atoms with van der Waals surface area (Å²) in [4.78, 5) is 14.4. The van der Waals surface area contributed by atoms with Crippen molar-refractivity contribution in [3.8, 4) is 0 Å². The molecular formula is C15H21ClN2O. The van der Waals surface area contributed by atoms with Gasteiger partial charge in [0.2, 0.25) is 0 Å². The van der Waals surface area contributed by atoms with Crippen LogP contribution in [-0.4, -0.2) is 30.4 Å². The Labute approximate surface area is 120 Å². The van der Waals surface area contributed by atoms with Gasteiger partial charge in [-0.25, -0.2) is 0 Å². The van der Waals surface area contributed by atoms with Gasteiger partial charge in [0.15, 0.2) is 0 Å². The first kappa shape index (κ1) is 14.2. The van der Waals surface area contributed by atoms with Crippen LogP contribution >= 0.6 is 12.4 Å². The third-order valence-corrected chi connectivity index (χ3v) is 3.91. The molecule has 0 radical (unpaired) electrons. The summed E-state index contributed by atoms with van der Waals surface area (Å²) in [6.45, 7) is 4.80. The van der Waals surface area contributed by atoms with E-state index in [1.54, 1.807) is 0 Å². The van der Waals surface area contributed by atoms with Crippen LogP contribution in [-0.2, 0) is 6.42 Å². The number of rotatable bonds is 4. The van der Waals surface area contributed by atoms with E-state index in [1.165, 1.54) is 24.1 Å². The highest BCUT2D eigenvalue weighted by Crippen LogP contribution is 2.30. The topological polar surface area (TPSA) is 32.3 Å². The second-order valence-electron chi connectivity index (χ2n) is 5.34. The molecule has 1 heterocycles. The fraction of sp³-hybridized carbons (Fsp3) is 0.533. The molecule has 1 aromatic rings. The number of halogens is 1. The third-order valence-electron chi connectivity index (χ3n) is 3.91. The van der Waals surface area contributed by atoms with Gasteiger partial charge < -0.3 is 10.2 Å². The molecule has 1 amide bonds. The highest BCUT2D eigenvalue weighted by Gasteiger charge is 2.26. The smallest absolute Gasteiger partial charge is 0.253 e. The molecule has 0 atom stereocenters. The van der Waals surface area contributed by atoms with Gasteiger partial charge in [-0.3, -0.25) is 4.79 Å². The summed E-state index contributed by atoms with van der Waals surface area (Å²) in [5.41, 5.74) is 3.32. The molecule has 1 aliphatic carbocycles. The first-order valence-electron chi connectivity index (χ1n) is 6.94. The van der Waals surface area contributed by atoms with Gasteiger partial charge in [0.25, 0.3) is 5.91 Å². The average Bonchev–Trinajstić information content (AvgIpc) is 3.09. The summed E-state index contributed by atoms with van der Waals surface area (Å²) >= 11 is 0. The van der Waals surface area contributed by atoms with E-state index in [1.807, 2.05) is 17.0 Å². The molecule has 1 aromatic carbocycles. The van der Waals surface area contributed by atoms with Crippen LogP contribution in [0.15, 0.2) is 18.2 Å². The van der Waals surface area contributed by atoms with Crippen molar-refractivity contribution in [3.05, 3.63) is 29.3 Å². The third kappa shape index (κ3) is 3.03. The van der Waals surface area contributed by atoms with E-state index < -0.39 is 0 Å². The summed E-state index contributed by atoms with van der Waals surface area (Å²) in [7, 11) is 0. The van der Waals surface area contributed by atoms with Crippen molar-refractivity contribution in [1.82, 2.24) is 4.90 Å². The number of carbonyl (C=O) groups excluding carboxylic acids is 1. The largest absolute Gasteiger partial charge is 0.384 e. The van der Waals surface area contributed by atoms with E-state index in [4.69, 9.17) is 0 Å². The van der Waals surface area contributed by atoms with E-state index in [0.29, 0.717) is 0 Å². The van der Waals surface area contributed by atoms with Gasteiger partial charge in [0.1, 0.15) is 0 Å².